The highest BCUT2D eigenvalue weighted by Crippen LogP contribution is 2.26. The van der Waals surface area contributed by atoms with Gasteiger partial charge in [-0.2, -0.15) is 0 Å². The molecule has 0 aliphatic carbocycles. The van der Waals surface area contributed by atoms with Crippen molar-refractivity contribution in [3.63, 3.8) is 0 Å². The van der Waals surface area contributed by atoms with Gasteiger partial charge in [-0.25, -0.2) is 0 Å². The van der Waals surface area contributed by atoms with Gasteiger partial charge in [0.15, 0.2) is 0 Å². The molecule has 1 unspecified atom stereocenters. The largest absolute Gasteiger partial charge is 0.314 e. The zero-order valence-corrected chi connectivity index (χ0v) is 11.7. The zero-order valence-electron chi connectivity index (χ0n) is 10.9. The molecule has 1 saturated heterocycles. The molecule has 1 aliphatic heterocycles. The van der Waals surface area contributed by atoms with E-state index in [0.717, 1.165) is 13.1 Å². The molecule has 2 rings (SSSR count). The van der Waals surface area contributed by atoms with E-state index in [-0.39, 0.29) is 0 Å². The van der Waals surface area contributed by atoms with E-state index in [1.807, 2.05) is 11.3 Å². The molecule has 0 saturated carbocycles. The van der Waals surface area contributed by atoms with Gasteiger partial charge in [0, 0.05) is 43.6 Å². The fraction of sp³-hybridized carbons (Fsp3) is 0.692. The third-order valence-electron chi connectivity index (χ3n) is 3.42. The molecule has 1 atom stereocenters. The molecule has 3 nitrogen and oxygen atoms in total. The standard InChI is InChI=1S/C13H23N3S/c1-15(2)12(13-4-3-11-17-13)5-8-16-9-6-14-7-10-16/h3-4,11-12,14H,5-10H2,1-2H3. The first-order chi connectivity index (χ1) is 8.27. The Morgan fingerprint density at radius 3 is 2.76 bits per heavy atom. The van der Waals surface area contributed by atoms with Crippen molar-refractivity contribution in [2.24, 2.45) is 0 Å². The first-order valence-electron chi connectivity index (χ1n) is 6.40. The van der Waals surface area contributed by atoms with Crippen LogP contribution in [0.25, 0.3) is 0 Å². The van der Waals surface area contributed by atoms with Crippen LogP contribution in [-0.4, -0.2) is 56.6 Å². The summed E-state index contributed by atoms with van der Waals surface area (Å²) in [5, 5.41) is 5.58. The smallest absolute Gasteiger partial charge is 0.0447 e. The molecule has 1 aliphatic rings. The Morgan fingerprint density at radius 2 is 2.18 bits per heavy atom. The monoisotopic (exact) mass is 253 g/mol. The first-order valence-corrected chi connectivity index (χ1v) is 7.28. The lowest BCUT2D eigenvalue weighted by Crippen LogP contribution is -2.44. The Bertz CT molecular complexity index is 304. The summed E-state index contributed by atoms with van der Waals surface area (Å²) in [7, 11) is 4.37. The van der Waals surface area contributed by atoms with Crippen LogP contribution in [0.15, 0.2) is 17.5 Å². The summed E-state index contributed by atoms with van der Waals surface area (Å²) in [6.07, 6.45) is 1.23. The molecule has 1 fully saturated rings. The Kier molecular flexibility index (Phi) is 4.98. The summed E-state index contributed by atoms with van der Waals surface area (Å²) in [5.74, 6) is 0. The van der Waals surface area contributed by atoms with Crippen molar-refractivity contribution in [1.82, 2.24) is 15.1 Å². The Labute approximate surface area is 108 Å². The van der Waals surface area contributed by atoms with Crippen molar-refractivity contribution in [1.29, 1.82) is 0 Å². The molecule has 0 amide bonds. The van der Waals surface area contributed by atoms with Crippen molar-refractivity contribution in [3.8, 4) is 0 Å². The minimum Gasteiger partial charge on any atom is -0.314 e. The normalized spacial score (nSPS) is 19.7. The molecule has 0 spiro atoms. The second-order valence-corrected chi connectivity index (χ2v) is 5.85. The van der Waals surface area contributed by atoms with Crippen molar-refractivity contribution < 1.29 is 0 Å². The quantitative estimate of drug-likeness (QED) is 0.861. The van der Waals surface area contributed by atoms with Crippen molar-refractivity contribution >= 4 is 11.3 Å². The number of rotatable bonds is 5. The fourth-order valence-electron chi connectivity index (χ4n) is 2.38. The van der Waals surface area contributed by atoms with Gasteiger partial charge in [-0.1, -0.05) is 6.07 Å². The van der Waals surface area contributed by atoms with Gasteiger partial charge in [-0.05, 0) is 32.0 Å². The van der Waals surface area contributed by atoms with Gasteiger partial charge in [0.2, 0.25) is 0 Å². The van der Waals surface area contributed by atoms with E-state index in [0.29, 0.717) is 6.04 Å². The molecule has 4 heteroatoms. The maximum Gasteiger partial charge on any atom is 0.0447 e. The maximum atomic E-state index is 3.40. The number of hydrogen-bond donors (Lipinski definition) is 1. The number of piperazine rings is 1. The van der Waals surface area contributed by atoms with Gasteiger partial charge in [0.05, 0.1) is 0 Å². The molecule has 0 bridgehead atoms. The van der Waals surface area contributed by atoms with Gasteiger partial charge in [-0.3, -0.25) is 0 Å². The minimum atomic E-state index is 0.574. The number of hydrogen-bond acceptors (Lipinski definition) is 4. The number of nitrogens with zero attached hydrogens (tertiary/aromatic N) is 2. The second-order valence-electron chi connectivity index (χ2n) is 4.88. The molecule has 1 aromatic heterocycles. The van der Waals surface area contributed by atoms with Crippen molar-refractivity contribution in [2.45, 2.75) is 12.5 Å². The summed E-state index contributed by atoms with van der Waals surface area (Å²) in [5.41, 5.74) is 0. The highest BCUT2D eigenvalue weighted by Gasteiger charge is 2.17. The van der Waals surface area contributed by atoms with Gasteiger partial charge in [-0.15, -0.1) is 11.3 Å². The van der Waals surface area contributed by atoms with E-state index >= 15 is 0 Å². The van der Waals surface area contributed by atoms with Crippen LogP contribution in [0.3, 0.4) is 0 Å². The first kappa shape index (κ1) is 13.0. The third kappa shape index (κ3) is 3.78. The van der Waals surface area contributed by atoms with Crippen LogP contribution >= 0.6 is 11.3 Å². The van der Waals surface area contributed by atoms with E-state index < -0.39 is 0 Å². The molecular weight excluding hydrogens is 230 g/mol. The zero-order chi connectivity index (χ0) is 12.1. The average molecular weight is 253 g/mol. The Morgan fingerprint density at radius 1 is 1.41 bits per heavy atom. The van der Waals surface area contributed by atoms with E-state index in [1.165, 1.54) is 30.9 Å². The van der Waals surface area contributed by atoms with Gasteiger partial charge < -0.3 is 15.1 Å². The average Bonchev–Trinajstić information content (AvgIpc) is 2.84. The summed E-state index contributed by atoms with van der Waals surface area (Å²) in [6, 6.07) is 4.99. The van der Waals surface area contributed by atoms with Crippen LogP contribution in [-0.2, 0) is 0 Å². The number of thiophene rings is 1. The molecule has 0 aromatic carbocycles. The van der Waals surface area contributed by atoms with Crippen LogP contribution in [0.4, 0.5) is 0 Å². The van der Waals surface area contributed by atoms with E-state index in [4.69, 9.17) is 0 Å². The van der Waals surface area contributed by atoms with E-state index in [2.05, 4.69) is 46.7 Å². The van der Waals surface area contributed by atoms with Crippen LogP contribution in [0.5, 0.6) is 0 Å². The van der Waals surface area contributed by atoms with Crippen molar-refractivity contribution in [3.05, 3.63) is 22.4 Å². The summed E-state index contributed by atoms with van der Waals surface area (Å²) in [6.45, 7) is 5.90. The Balaban J connectivity index is 1.85. The SMILES string of the molecule is CN(C)C(CCN1CCNCC1)c1cccs1. The fourth-order valence-corrected chi connectivity index (χ4v) is 3.33. The highest BCUT2D eigenvalue weighted by atomic mass is 32.1. The molecule has 1 aromatic rings. The Hall–Kier alpha value is -0.420. The molecule has 2 heterocycles. The predicted molar refractivity (Wildman–Crippen MR) is 74.7 cm³/mol. The van der Waals surface area contributed by atoms with Crippen LogP contribution < -0.4 is 5.32 Å². The van der Waals surface area contributed by atoms with Crippen LogP contribution in [0, 0.1) is 0 Å². The minimum absolute atomic E-state index is 0.574. The molecular formula is C13H23N3S. The number of nitrogens with one attached hydrogen (secondary N) is 1. The van der Waals surface area contributed by atoms with Crippen LogP contribution in [0.1, 0.15) is 17.3 Å². The highest BCUT2D eigenvalue weighted by molar-refractivity contribution is 7.10. The van der Waals surface area contributed by atoms with E-state index in [9.17, 15) is 0 Å². The van der Waals surface area contributed by atoms with Gasteiger partial charge >= 0.3 is 0 Å². The molecule has 96 valence electrons. The summed E-state index contributed by atoms with van der Waals surface area (Å²) >= 11 is 1.87. The molecule has 0 radical (unpaired) electrons. The molecule has 17 heavy (non-hydrogen) atoms. The summed E-state index contributed by atoms with van der Waals surface area (Å²) < 4.78 is 0. The second kappa shape index (κ2) is 6.50. The maximum absolute atomic E-state index is 3.40. The summed E-state index contributed by atoms with van der Waals surface area (Å²) in [4.78, 5) is 6.40. The van der Waals surface area contributed by atoms with Gasteiger partial charge in [0.25, 0.3) is 0 Å². The predicted octanol–water partition coefficient (Wildman–Crippen LogP) is 1.65. The van der Waals surface area contributed by atoms with Crippen LogP contribution in [0.2, 0.25) is 0 Å². The lowest BCUT2D eigenvalue weighted by molar-refractivity contribution is 0.200. The lowest BCUT2D eigenvalue weighted by atomic mass is 10.1. The van der Waals surface area contributed by atoms with E-state index in [1.54, 1.807) is 0 Å². The molecule has 1 N–H and O–H groups in total. The third-order valence-corrected chi connectivity index (χ3v) is 4.40. The van der Waals surface area contributed by atoms with Gasteiger partial charge in [0.1, 0.15) is 0 Å². The topological polar surface area (TPSA) is 18.5 Å². The lowest BCUT2D eigenvalue weighted by Gasteiger charge is -2.30. The van der Waals surface area contributed by atoms with Crippen molar-refractivity contribution in [2.75, 3.05) is 46.8 Å².